The van der Waals surface area contributed by atoms with Gasteiger partial charge in [0.25, 0.3) is 0 Å². The van der Waals surface area contributed by atoms with E-state index < -0.39 is 12.0 Å². The minimum absolute atomic E-state index is 0.105. The first-order chi connectivity index (χ1) is 6.06. The van der Waals surface area contributed by atoms with E-state index in [0.717, 1.165) is 4.90 Å². The van der Waals surface area contributed by atoms with Crippen LogP contribution in [0.3, 0.4) is 0 Å². The summed E-state index contributed by atoms with van der Waals surface area (Å²) in [5, 5.41) is 9.18. The molecule has 1 rings (SSSR count). The van der Waals surface area contributed by atoms with Gasteiger partial charge in [0.2, 0.25) is 6.04 Å². The van der Waals surface area contributed by atoms with Crippen molar-refractivity contribution in [3.63, 3.8) is 0 Å². The van der Waals surface area contributed by atoms with Crippen LogP contribution in [0, 0.1) is 0 Å². The third-order valence-electron chi connectivity index (χ3n) is 1.79. The van der Waals surface area contributed by atoms with Gasteiger partial charge < -0.3 is 9.84 Å². The average Bonchev–Trinajstić information content (AvgIpc) is 2.46. The molecule has 1 aliphatic rings. The van der Waals surface area contributed by atoms with Crippen molar-refractivity contribution in [3.8, 4) is 0 Å². The monoisotopic (exact) mass is 187 g/mol. The number of amides is 1. The fourth-order valence-corrected chi connectivity index (χ4v) is 1.10. The van der Waals surface area contributed by atoms with E-state index in [2.05, 4.69) is 9.73 Å². The standard InChI is InChI=1S/C7H10N2O4/c1-4(10)9-3-5(6(11)13-2)8-7(9)12/h5H,3H2,1-2H3,(H,8,12)/p+1. The van der Waals surface area contributed by atoms with Crippen molar-refractivity contribution in [2.45, 2.75) is 13.0 Å². The van der Waals surface area contributed by atoms with Crippen molar-refractivity contribution < 1.29 is 24.4 Å². The molecule has 6 heteroatoms. The number of methoxy groups -OCH3 is 1. The Labute approximate surface area is 74.8 Å². The molecule has 0 aromatic rings. The number of hydrogen-bond donors (Lipinski definition) is 2. The van der Waals surface area contributed by atoms with Crippen molar-refractivity contribution in [2.75, 3.05) is 13.7 Å². The molecular weight excluding hydrogens is 176 g/mol. The zero-order chi connectivity index (χ0) is 10.0. The number of amidine groups is 1. The lowest BCUT2D eigenvalue weighted by molar-refractivity contribution is -0.485. The van der Waals surface area contributed by atoms with Gasteiger partial charge in [-0.05, 0) is 0 Å². The Balaban J connectivity index is 2.70. The van der Waals surface area contributed by atoms with Gasteiger partial charge in [-0.3, -0.25) is 0 Å². The molecule has 1 atom stereocenters. The normalized spacial score (nSPS) is 21.2. The highest BCUT2D eigenvalue weighted by Gasteiger charge is 2.40. The first-order valence-electron chi connectivity index (χ1n) is 3.74. The van der Waals surface area contributed by atoms with Gasteiger partial charge in [0, 0.05) is 6.92 Å². The molecule has 0 saturated heterocycles. The number of carbonyl (C=O) groups is 2. The molecule has 0 radical (unpaired) electrons. The number of aliphatic hydroxyl groups excluding tert-OH is 1. The van der Waals surface area contributed by atoms with Crippen LogP contribution in [0.1, 0.15) is 6.92 Å². The molecule has 2 N–H and O–H groups in total. The second-order valence-electron chi connectivity index (χ2n) is 2.67. The molecule has 6 nitrogen and oxygen atoms in total. The number of nitrogens with one attached hydrogen (secondary N) is 1. The van der Waals surface area contributed by atoms with Gasteiger partial charge in [-0.1, -0.05) is 0 Å². The van der Waals surface area contributed by atoms with E-state index >= 15 is 0 Å². The van der Waals surface area contributed by atoms with E-state index in [1.54, 1.807) is 0 Å². The Morgan fingerprint density at radius 3 is 2.69 bits per heavy atom. The molecule has 1 aliphatic heterocycles. The maximum absolute atomic E-state index is 11.0. The number of hydrogen-bond acceptors (Lipinski definition) is 3. The Morgan fingerprint density at radius 1 is 1.69 bits per heavy atom. The summed E-state index contributed by atoms with van der Waals surface area (Å²) in [5.41, 5.74) is 0. The highest BCUT2D eigenvalue weighted by atomic mass is 16.5. The third-order valence-corrected chi connectivity index (χ3v) is 1.79. The summed E-state index contributed by atoms with van der Waals surface area (Å²) in [7, 11) is 1.25. The minimum atomic E-state index is -0.672. The maximum Gasteiger partial charge on any atom is 0.450 e. The summed E-state index contributed by atoms with van der Waals surface area (Å²) in [6.45, 7) is 1.41. The summed E-state index contributed by atoms with van der Waals surface area (Å²) in [4.78, 5) is 25.4. The van der Waals surface area contributed by atoms with Gasteiger partial charge in [0.1, 0.15) is 6.54 Å². The molecule has 72 valence electrons. The number of aliphatic hydroxyl groups is 1. The molecule has 1 heterocycles. The summed E-state index contributed by atoms with van der Waals surface area (Å²) < 4.78 is 4.45. The van der Waals surface area contributed by atoms with E-state index in [1.165, 1.54) is 14.0 Å². The lowest BCUT2D eigenvalue weighted by Crippen LogP contribution is -2.79. The summed E-state index contributed by atoms with van der Waals surface area (Å²) >= 11 is 0. The van der Waals surface area contributed by atoms with Crippen LogP contribution in [0.5, 0.6) is 0 Å². The molecular formula is C7H11N2O4+. The molecule has 0 aromatic carbocycles. The van der Waals surface area contributed by atoms with E-state index in [9.17, 15) is 14.7 Å². The first-order valence-corrected chi connectivity index (χ1v) is 3.74. The molecule has 0 saturated carbocycles. The first kappa shape index (κ1) is 9.50. The lowest BCUT2D eigenvalue weighted by atomic mass is 10.3. The summed E-state index contributed by atoms with van der Waals surface area (Å²) in [6, 6.07) is -0.975. The van der Waals surface area contributed by atoms with Gasteiger partial charge in [0.15, 0.2) is 0 Å². The van der Waals surface area contributed by atoms with Crippen LogP contribution in [0.25, 0.3) is 0 Å². The molecule has 13 heavy (non-hydrogen) atoms. The van der Waals surface area contributed by atoms with Crippen LogP contribution < -0.4 is 4.99 Å². The summed E-state index contributed by atoms with van der Waals surface area (Å²) in [5.74, 6) is -0.827. The second-order valence-corrected chi connectivity index (χ2v) is 2.67. The topological polar surface area (TPSA) is 80.8 Å². The number of ether oxygens (including phenoxy) is 1. The second kappa shape index (κ2) is 3.42. The van der Waals surface area contributed by atoms with Gasteiger partial charge in [0.05, 0.1) is 7.11 Å². The fraction of sp³-hybridized carbons (Fsp3) is 0.571. The average molecular weight is 187 g/mol. The predicted octanol–water partition coefficient (Wildman–Crippen LogP) is -2.62. The molecule has 0 bridgehead atoms. The molecule has 0 spiro atoms. The number of nitrogens with zero attached hydrogens (tertiary/aromatic N) is 1. The molecule has 0 fully saturated rings. The maximum atomic E-state index is 11.0. The highest BCUT2D eigenvalue weighted by molar-refractivity contribution is 5.92. The highest BCUT2D eigenvalue weighted by Crippen LogP contribution is 1.95. The number of carbonyl (C=O) groups excluding carboxylic acids is 2. The largest absolute Gasteiger partial charge is 0.466 e. The Bertz CT molecular complexity index is 274. The summed E-state index contributed by atoms with van der Waals surface area (Å²) in [6.07, 6.45) is 0. The number of esters is 1. The van der Waals surface area contributed by atoms with E-state index in [0.29, 0.717) is 0 Å². The van der Waals surface area contributed by atoms with Gasteiger partial charge in [-0.15, -0.1) is 0 Å². The van der Waals surface area contributed by atoms with Gasteiger partial charge in [-0.25, -0.2) is 14.6 Å². The fourth-order valence-electron chi connectivity index (χ4n) is 1.10. The van der Waals surface area contributed by atoms with Crippen LogP contribution in [-0.2, 0) is 14.3 Å². The van der Waals surface area contributed by atoms with Crippen molar-refractivity contribution in [1.82, 2.24) is 4.90 Å². The Morgan fingerprint density at radius 2 is 2.31 bits per heavy atom. The SMILES string of the molecule is COC(=O)C1CN(C(C)=O)C(O)=[NH+]1. The zero-order valence-corrected chi connectivity index (χ0v) is 7.40. The molecule has 1 unspecified atom stereocenters. The zero-order valence-electron chi connectivity index (χ0n) is 7.40. The van der Waals surface area contributed by atoms with E-state index in [4.69, 9.17) is 0 Å². The van der Waals surface area contributed by atoms with Crippen LogP contribution in [-0.4, -0.2) is 47.6 Å². The van der Waals surface area contributed by atoms with E-state index in [-0.39, 0.29) is 18.5 Å². The van der Waals surface area contributed by atoms with Gasteiger partial charge in [-0.2, -0.15) is 4.90 Å². The third kappa shape index (κ3) is 1.77. The molecule has 0 aromatic heterocycles. The lowest BCUT2D eigenvalue weighted by Gasteiger charge is -2.03. The quantitative estimate of drug-likeness (QED) is 0.440. The van der Waals surface area contributed by atoms with Crippen LogP contribution in [0.4, 0.5) is 0 Å². The molecule has 1 amide bonds. The number of rotatable bonds is 1. The van der Waals surface area contributed by atoms with Crippen molar-refractivity contribution >= 4 is 17.9 Å². The minimum Gasteiger partial charge on any atom is -0.466 e. The van der Waals surface area contributed by atoms with Gasteiger partial charge >= 0.3 is 17.9 Å². The van der Waals surface area contributed by atoms with Crippen molar-refractivity contribution in [2.24, 2.45) is 0 Å². The van der Waals surface area contributed by atoms with Crippen LogP contribution in [0.2, 0.25) is 0 Å². The smallest absolute Gasteiger partial charge is 0.450 e. The van der Waals surface area contributed by atoms with E-state index in [1.807, 2.05) is 0 Å². The van der Waals surface area contributed by atoms with Crippen molar-refractivity contribution in [1.29, 1.82) is 0 Å². The predicted molar refractivity (Wildman–Crippen MR) is 41.8 cm³/mol. The Hall–Kier alpha value is -1.59. The van der Waals surface area contributed by atoms with Crippen molar-refractivity contribution in [3.05, 3.63) is 0 Å². The molecule has 0 aliphatic carbocycles. The van der Waals surface area contributed by atoms with Crippen LogP contribution in [0.15, 0.2) is 0 Å². The van der Waals surface area contributed by atoms with Crippen LogP contribution >= 0.6 is 0 Å². The Kier molecular flexibility index (Phi) is 2.50.